The third-order valence-corrected chi connectivity index (χ3v) is 5.18. The van der Waals surface area contributed by atoms with Crippen LogP contribution in [0.4, 0.5) is 5.13 Å². The van der Waals surface area contributed by atoms with E-state index >= 15 is 0 Å². The fraction of sp³-hybridized carbons (Fsp3) is 0.786. The number of nitrogens with one attached hydrogen (secondary N) is 2. The van der Waals surface area contributed by atoms with Gasteiger partial charge in [-0.3, -0.25) is 4.79 Å². The molecule has 2 atom stereocenters. The zero-order valence-electron chi connectivity index (χ0n) is 12.5. The second kappa shape index (κ2) is 6.70. The lowest BCUT2D eigenvalue weighted by atomic mass is 9.97. The summed E-state index contributed by atoms with van der Waals surface area (Å²) in [6.45, 7) is 5.29. The molecule has 0 bridgehead atoms. The van der Waals surface area contributed by atoms with Crippen molar-refractivity contribution in [3.8, 4) is 0 Å². The van der Waals surface area contributed by atoms with Crippen LogP contribution in [0, 0.1) is 0 Å². The van der Waals surface area contributed by atoms with E-state index in [2.05, 4.69) is 32.7 Å². The fourth-order valence-corrected chi connectivity index (χ4v) is 3.89. The summed E-state index contributed by atoms with van der Waals surface area (Å²) in [5, 5.41) is 15.5. The number of nitrogens with zero attached hydrogens (tertiary/aromatic N) is 3. The summed E-state index contributed by atoms with van der Waals surface area (Å²) < 4.78 is 0. The molecule has 2 saturated heterocycles. The first kappa shape index (κ1) is 14.7. The predicted octanol–water partition coefficient (Wildman–Crippen LogP) is 1.72. The van der Waals surface area contributed by atoms with Gasteiger partial charge in [-0.1, -0.05) is 18.3 Å². The molecule has 21 heavy (non-hydrogen) atoms. The molecule has 6 nitrogen and oxygen atoms in total. The van der Waals surface area contributed by atoms with Gasteiger partial charge < -0.3 is 15.5 Å². The number of piperidine rings is 1. The first-order valence-electron chi connectivity index (χ1n) is 7.88. The van der Waals surface area contributed by atoms with Gasteiger partial charge in [-0.2, -0.15) is 0 Å². The Balaban J connectivity index is 1.52. The number of amides is 1. The molecule has 3 heterocycles. The van der Waals surface area contributed by atoms with E-state index in [0.717, 1.165) is 37.5 Å². The van der Waals surface area contributed by atoms with Crippen LogP contribution in [-0.2, 0) is 0 Å². The van der Waals surface area contributed by atoms with Crippen molar-refractivity contribution in [2.75, 3.05) is 25.0 Å². The molecule has 3 rings (SSSR count). The number of fused-ring (bicyclic) bond motifs is 1. The van der Waals surface area contributed by atoms with Gasteiger partial charge in [-0.25, -0.2) is 0 Å². The highest BCUT2D eigenvalue weighted by molar-refractivity contribution is 7.17. The number of hydrogen-bond donors (Lipinski definition) is 2. The zero-order valence-corrected chi connectivity index (χ0v) is 13.3. The highest BCUT2D eigenvalue weighted by Crippen LogP contribution is 2.27. The van der Waals surface area contributed by atoms with Crippen LogP contribution in [0.25, 0.3) is 0 Å². The van der Waals surface area contributed by atoms with Gasteiger partial charge in [0.25, 0.3) is 5.91 Å². The second-order valence-corrected chi connectivity index (χ2v) is 6.84. The molecule has 2 N–H and O–H groups in total. The van der Waals surface area contributed by atoms with Crippen molar-refractivity contribution in [3.63, 3.8) is 0 Å². The number of carbonyl (C=O) groups is 1. The van der Waals surface area contributed by atoms with Crippen LogP contribution >= 0.6 is 11.3 Å². The predicted molar refractivity (Wildman–Crippen MR) is 83.8 cm³/mol. The van der Waals surface area contributed by atoms with E-state index in [0.29, 0.717) is 11.0 Å². The van der Waals surface area contributed by atoms with Gasteiger partial charge in [0.2, 0.25) is 10.1 Å². The summed E-state index contributed by atoms with van der Waals surface area (Å²) >= 11 is 1.33. The average molecular weight is 309 g/mol. The number of rotatable bonds is 5. The van der Waals surface area contributed by atoms with Gasteiger partial charge in [0, 0.05) is 25.2 Å². The molecular formula is C14H23N5OS. The lowest BCUT2D eigenvalue weighted by Crippen LogP contribution is -2.47. The molecular weight excluding hydrogens is 286 g/mol. The highest BCUT2D eigenvalue weighted by atomic mass is 32.1. The zero-order chi connectivity index (χ0) is 14.7. The largest absolute Gasteiger partial charge is 0.360 e. The summed E-state index contributed by atoms with van der Waals surface area (Å²) in [5.74, 6) is -0.0755. The number of aromatic nitrogens is 2. The Hall–Kier alpha value is -1.21. The van der Waals surface area contributed by atoms with Crippen molar-refractivity contribution in [1.82, 2.24) is 20.4 Å². The van der Waals surface area contributed by atoms with Crippen LogP contribution in [0.2, 0.25) is 0 Å². The third-order valence-electron chi connectivity index (χ3n) is 4.30. The van der Waals surface area contributed by atoms with Gasteiger partial charge in [0.1, 0.15) is 0 Å². The van der Waals surface area contributed by atoms with E-state index in [-0.39, 0.29) is 11.9 Å². The van der Waals surface area contributed by atoms with Crippen LogP contribution < -0.4 is 10.6 Å². The van der Waals surface area contributed by atoms with Gasteiger partial charge in [0.05, 0.1) is 0 Å². The van der Waals surface area contributed by atoms with Crippen molar-refractivity contribution in [2.24, 2.45) is 0 Å². The van der Waals surface area contributed by atoms with Crippen molar-refractivity contribution in [3.05, 3.63) is 5.01 Å². The maximum atomic E-state index is 12.2. The number of hydrogen-bond acceptors (Lipinski definition) is 6. The van der Waals surface area contributed by atoms with E-state index in [9.17, 15) is 4.79 Å². The van der Waals surface area contributed by atoms with Crippen LogP contribution in [0.5, 0.6) is 0 Å². The number of anilines is 1. The quantitative estimate of drug-likeness (QED) is 0.866. The Morgan fingerprint density at radius 2 is 2.29 bits per heavy atom. The molecule has 0 spiro atoms. The molecule has 0 aromatic carbocycles. The fourth-order valence-electron chi connectivity index (χ4n) is 3.22. The smallest absolute Gasteiger partial charge is 0.282 e. The molecule has 0 saturated carbocycles. The van der Waals surface area contributed by atoms with Crippen molar-refractivity contribution >= 4 is 22.4 Å². The lowest BCUT2D eigenvalue weighted by molar-refractivity contribution is 0.0895. The minimum Gasteiger partial charge on any atom is -0.360 e. The lowest BCUT2D eigenvalue weighted by Gasteiger charge is -2.34. The van der Waals surface area contributed by atoms with Crippen molar-refractivity contribution in [2.45, 2.75) is 51.1 Å². The molecule has 2 fully saturated rings. The summed E-state index contributed by atoms with van der Waals surface area (Å²) in [5.41, 5.74) is 0. The summed E-state index contributed by atoms with van der Waals surface area (Å²) in [6.07, 6.45) is 5.72. The first-order chi connectivity index (χ1) is 10.3. The van der Waals surface area contributed by atoms with Gasteiger partial charge in [0.15, 0.2) is 0 Å². The van der Waals surface area contributed by atoms with Crippen LogP contribution in [0.15, 0.2) is 0 Å². The van der Waals surface area contributed by atoms with Crippen LogP contribution in [-0.4, -0.2) is 52.7 Å². The third kappa shape index (κ3) is 3.52. The highest BCUT2D eigenvalue weighted by Gasteiger charge is 2.32. The minimum atomic E-state index is -0.0755. The van der Waals surface area contributed by atoms with E-state index in [1.807, 2.05) is 0 Å². The first-order valence-corrected chi connectivity index (χ1v) is 8.70. The summed E-state index contributed by atoms with van der Waals surface area (Å²) in [4.78, 5) is 14.8. The molecule has 116 valence electrons. The molecule has 0 aliphatic carbocycles. The molecule has 1 aromatic heterocycles. The van der Waals surface area contributed by atoms with Crippen LogP contribution in [0.1, 0.15) is 48.8 Å². The Bertz CT molecular complexity index is 491. The average Bonchev–Trinajstić information content (AvgIpc) is 3.13. The Kier molecular flexibility index (Phi) is 4.70. The standard InChI is InChI=1S/C14H23N5OS/c1-2-6-15-14-18-17-13(21-14)12(20)16-10-5-8-19-7-3-4-11(19)9-10/h10-11H,2-9H2,1H3,(H,15,18)(H,16,20). The molecule has 1 amide bonds. The maximum Gasteiger partial charge on any atom is 0.282 e. The summed E-state index contributed by atoms with van der Waals surface area (Å²) in [7, 11) is 0. The van der Waals surface area contributed by atoms with Crippen LogP contribution in [0.3, 0.4) is 0 Å². The topological polar surface area (TPSA) is 70.1 Å². The van der Waals surface area contributed by atoms with Gasteiger partial charge in [-0.05, 0) is 38.6 Å². The van der Waals surface area contributed by atoms with E-state index in [1.165, 1.54) is 30.7 Å². The van der Waals surface area contributed by atoms with Gasteiger partial charge in [-0.15, -0.1) is 10.2 Å². The van der Waals surface area contributed by atoms with Gasteiger partial charge >= 0.3 is 0 Å². The Labute approximate surface area is 129 Å². The number of carbonyl (C=O) groups excluding carboxylic acids is 1. The van der Waals surface area contributed by atoms with Crippen molar-refractivity contribution < 1.29 is 4.79 Å². The SMILES string of the molecule is CCCNc1nnc(C(=O)NC2CCN3CCCC3C2)s1. The van der Waals surface area contributed by atoms with E-state index in [4.69, 9.17) is 0 Å². The Morgan fingerprint density at radius 3 is 3.14 bits per heavy atom. The maximum absolute atomic E-state index is 12.2. The normalized spacial score (nSPS) is 25.6. The molecule has 0 radical (unpaired) electrons. The molecule has 7 heteroatoms. The second-order valence-electron chi connectivity index (χ2n) is 5.87. The monoisotopic (exact) mass is 309 g/mol. The van der Waals surface area contributed by atoms with Crippen molar-refractivity contribution in [1.29, 1.82) is 0 Å². The minimum absolute atomic E-state index is 0.0755. The molecule has 2 aliphatic rings. The Morgan fingerprint density at radius 1 is 1.38 bits per heavy atom. The van der Waals surface area contributed by atoms with E-state index in [1.54, 1.807) is 0 Å². The molecule has 2 aliphatic heterocycles. The molecule has 2 unspecified atom stereocenters. The summed E-state index contributed by atoms with van der Waals surface area (Å²) in [6, 6.07) is 0.952. The molecule has 1 aromatic rings. The van der Waals surface area contributed by atoms with E-state index < -0.39 is 0 Å².